The molecule has 0 aliphatic heterocycles. The molecule has 8 nitrogen and oxygen atoms in total. The fourth-order valence-corrected chi connectivity index (χ4v) is 2.25. The number of carboxylic acids is 1. The molecule has 0 radical (unpaired) electrons. The lowest BCUT2D eigenvalue weighted by Crippen LogP contribution is -2.29. The Bertz CT molecular complexity index is 794. The lowest BCUT2D eigenvalue weighted by molar-refractivity contribution is -0.141. The van der Waals surface area contributed by atoms with E-state index >= 15 is 0 Å². The minimum atomic E-state index is -4.50. The van der Waals surface area contributed by atoms with E-state index in [4.69, 9.17) is 5.11 Å². The molecule has 0 aromatic carbocycles. The average molecular weight is 359 g/mol. The van der Waals surface area contributed by atoms with Crippen LogP contribution in [0.5, 0.6) is 0 Å². The van der Waals surface area contributed by atoms with E-state index in [1.54, 1.807) is 0 Å². The van der Waals surface area contributed by atoms with Gasteiger partial charge in [-0.25, -0.2) is 4.79 Å². The number of amides is 1. The Balaban J connectivity index is 1.92. The number of hydrogen-bond acceptors (Lipinski definition) is 4. The summed E-state index contributed by atoms with van der Waals surface area (Å²) in [5.74, 6) is -1.89. The van der Waals surface area contributed by atoms with Crippen molar-refractivity contribution in [2.24, 2.45) is 7.05 Å². The monoisotopic (exact) mass is 359 g/mol. The maximum absolute atomic E-state index is 12.6. The number of aromatic carboxylic acids is 1. The Morgan fingerprint density at radius 3 is 2.60 bits per heavy atom. The molecular weight excluding hydrogens is 343 g/mol. The van der Waals surface area contributed by atoms with Crippen LogP contribution in [-0.4, -0.2) is 43.1 Å². The Morgan fingerprint density at radius 2 is 2.04 bits per heavy atom. The number of aryl methyl sites for hydroxylation is 3. The first-order valence-corrected chi connectivity index (χ1v) is 7.26. The molecule has 0 unspecified atom stereocenters. The molecule has 2 N–H and O–H groups in total. The maximum Gasteiger partial charge on any atom is 0.435 e. The molecule has 11 heteroatoms. The van der Waals surface area contributed by atoms with Crippen LogP contribution < -0.4 is 5.32 Å². The van der Waals surface area contributed by atoms with E-state index in [-0.39, 0.29) is 24.3 Å². The van der Waals surface area contributed by atoms with Gasteiger partial charge in [-0.15, -0.1) is 0 Å². The lowest BCUT2D eigenvalue weighted by Gasteiger charge is -2.08. The topological polar surface area (TPSA) is 102 Å². The zero-order valence-corrected chi connectivity index (χ0v) is 13.5. The van der Waals surface area contributed by atoms with Crippen molar-refractivity contribution in [2.75, 3.05) is 6.54 Å². The van der Waals surface area contributed by atoms with E-state index in [2.05, 4.69) is 15.5 Å². The average Bonchev–Trinajstić information content (AvgIpc) is 3.06. The fraction of sp³-hybridized carbons (Fsp3) is 0.429. The van der Waals surface area contributed by atoms with Gasteiger partial charge >= 0.3 is 12.1 Å². The van der Waals surface area contributed by atoms with Gasteiger partial charge in [0.2, 0.25) is 0 Å². The van der Waals surface area contributed by atoms with E-state index in [0.717, 1.165) is 16.9 Å². The first-order valence-electron chi connectivity index (χ1n) is 7.26. The van der Waals surface area contributed by atoms with Crippen LogP contribution in [-0.2, 0) is 19.8 Å². The molecule has 0 spiro atoms. The molecule has 0 atom stereocenters. The van der Waals surface area contributed by atoms with Gasteiger partial charge in [-0.3, -0.25) is 14.2 Å². The zero-order chi connectivity index (χ0) is 18.8. The molecule has 0 bridgehead atoms. The van der Waals surface area contributed by atoms with Crippen molar-refractivity contribution in [2.45, 2.75) is 26.1 Å². The molecule has 1 amide bonds. The highest BCUT2D eigenvalue weighted by molar-refractivity contribution is 6.03. The van der Waals surface area contributed by atoms with Crippen molar-refractivity contribution in [3.63, 3.8) is 0 Å². The van der Waals surface area contributed by atoms with Crippen LogP contribution in [0.25, 0.3) is 0 Å². The van der Waals surface area contributed by atoms with Crippen molar-refractivity contribution in [1.29, 1.82) is 0 Å². The van der Waals surface area contributed by atoms with Crippen LogP contribution in [0, 0.1) is 6.92 Å². The predicted octanol–water partition coefficient (Wildman–Crippen LogP) is 1.46. The summed E-state index contributed by atoms with van der Waals surface area (Å²) in [7, 11) is 1.44. The number of hydrogen-bond donors (Lipinski definition) is 2. The third kappa shape index (κ3) is 4.17. The predicted molar refractivity (Wildman–Crippen MR) is 79.1 cm³/mol. The molecule has 2 aromatic heterocycles. The summed E-state index contributed by atoms with van der Waals surface area (Å²) in [4.78, 5) is 23.1. The van der Waals surface area contributed by atoms with E-state index < -0.39 is 23.7 Å². The summed E-state index contributed by atoms with van der Waals surface area (Å²) >= 11 is 0. The number of carboxylic acid groups (broad SMARTS) is 1. The van der Waals surface area contributed by atoms with Crippen molar-refractivity contribution in [3.8, 4) is 0 Å². The third-order valence-corrected chi connectivity index (χ3v) is 3.49. The van der Waals surface area contributed by atoms with Crippen LogP contribution in [0.2, 0.25) is 0 Å². The van der Waals surface area contributed by atoms with Crippen LogP contribution in [0.15, 0.2) is 12.3 Å². The van der Waals surface area contributed by atoms with Gasteiger partial charge in [0.1, 0.15) is 11.3 Å². The highest BCUT2D eigenvalue weighted by Gasteiger charge is 2.34. The van der Waals surface area contributed by atoms with E-state index in [1.807, 2.05) is 0 Å². The van der Waals surface area contributed by atoms with Crippen molar-refractivity contribution >= 4 is 11.9 Å². The number of rotatable bonds is 6. The van der Waals surface area contributed by atoms with Crippen molar-refractivity contribution in [1.82, 2.24) is 24.9 Å². The van der Waals surface area contributed by atoms with E-state index in [0.29, 0.717) is 12.1 Å². The van der Waals surface area contributed by atoms with Crippen LogP contribution in [0.4, 0.5) is 13.2 Å². The molecule has 0 aliphatic carbocycles. The number of halogens is 3. The standard InChI is InChI=1S/C14H16F3N5O3/c1-8-6-10(14(15,16)17)20-22(8)5-3-4-18-12(23)11-9(13(24)25)7-19-21(11)2/h6-7H,3-5H2,1-2H3,(H,18,23)(H,24,25). The lowest BCUT2D eigenvalue weighted by atomic mass is 10.2. The Hall–Kier alpha value is -2.85. The zero-order valence-electron chi connectivity index (χ0n) is 13.5. The summed E-state index contributed by atoms with van der Waals surface area (Å²) in [6.45, 7) is 1.83. The number of alkyl halides is 3. The number of nitrogens with zero attached hydrogens (tertiary/aromatic N) is 4. The number of aromatic nitrogens is 4. The summed E-state index contributed by atoms with van der Waals surface area (Å²) in [6.07, 6.45) is -3.11. The third-order valence-electron chi connectivity index (χ3n) is 3.49. The van der Waals surface area contributed by atoms with Gasteiger partial charge in [-0.05, 0) is 19.4 Å². The van der Waals surface area contributed by atoms with Crippen LogP contribution in [0.3, 0.4) is 0 Å². The Morgan fingerprint density at radius 1 is 1.36 bits per heavy atom. The van der Waals surface area contributed by atoms with Gasteiger partial charge < -0.3 is 10.4 Å². The molecule has 25 heavy (non-hydrogen) atoms. The fourth-order valence-electron chi connectivity index (χ4n) is 2.25. The van der Waals surface area contributed by atoms with E-state index in [1.165, 1.54) is 18.7 Å². The van der Waals surface area contributed by atoms with Gasteiger partial charge in [-0.2, -0.15) is 23.4 Å². The minimum absolute atomic E-state index is 0.0953. The summed E-state index contributed by atoms with van der Waals surface area (Å²) in [5, 5.41) is 18.7. The molecular formula is C14H16F3N5O3. The Kier molecular flexibility index (Phi) is 5.14. The molecule has 2 rings (SSSR count). The molecule has 0 saturated carbocycles. The molecule has 2 heterocycles. The molecule has 0 aliphatic rings. The quantitative estimate of drug-likeness (QED) is 0.761. The second-order valence-electron chi connectivity index (χ2n) is 5.34. The Labute approximate surface area is 140 Å². The highest BCUT2D eigenvalue weighted by atomic mass is 19.4. The van der Waals surface area contributed by atoms with Gasteiger partial charge in [0.15, 0.2) is 5.69 Å². The van der Waals surface area contributed by atoms with Gasteiger partial charge in [0.05, 0.1) is 6.20 Å². The second-order valence-corrected chi connectivity index (χ2v) is 5.34. The second kappa shape index (κ2) is 6.95. The first kappa shape index (κ1) is 18.5. The minimum Gasteiger partial charge on any atom is -0.478 e. The number of nitrogens with one attached hydrogen (secondary N) is 1. The molecule has 0 saturated heterocycles. The normalized spacial score (nSPS) is 11.6. The van der Waals surface area contributed by atoms with Crippen LogP contribution >= 0.6 is 0 Å². The number of carbonyl (C=O) groups is 2. The van der Waals surface area contributed by atoms with Gasteiger partial charge in [-0.1, -0.05) is 0 Å². The first-order chi connectivity index (χ1) is 11.6. The van der Waals surface area contributed by atoms with Gasteiger partial charge in [0.25, 0.3) is 5.91 Å². The molecule has 2 aromatic rings. The van der Waals surface area contributed by atoms with E-state index in [9.17, 15) is 22.8 Å². The highest BCUT2D eigenvalue weighted by Crippen LogP contribution is 2.28. The summed E-state index contributed by atoms with van der Waals surface area (Å²) in [5.41, 5.74) is -0.923. The smallest absolute Gasteiger partial charge is 0.435 e. The largest absolute Gasteiger partial charge is 0.478 e. The maximum atomic E-state index is 12.6. The SMILES string of the molecule is Cc1cc(C(F)(F)F)nn1CCCNC(=O)c1c(C(=O)O)cnn1C. The summed E-state index contributed by atoms with van der Waals surface area (Å²) < 4.78 is 40.1. The summed E-state index contributed by atoms with van der Waals surface area (Å²) in [6, 6.07) is 0.952. The number of carbonyl (C=O) groups excluding carboxylic acids is 1. The van der Waals surface area contributed by atoms with Crippen molar-refractivity contribution in [3.05, 3.63) is 34.9 Å². The van der Waals surface area contributed by atoms with Gasteiger partial charge in [0, 0.05) is 25.8 Å². The molecule has 0 fully saturated rings. The van der Waals surface area contributed by atoms with Crippen molar-refractivity contribution < 1.29 is 27.9 Å². The van der Waals surface area contributed by atoms with Crippen LogP contribution in [0.1, 0.15) is 38.7 Å². The molecule has 136 valence electrons.